The van der Waals surface area contributed by atoms with Gasteiger partial charge in [0.1, 0.15) is 5.75 Å². The number of hydrogen-bond acceptors (Lipinski definition) is 6. The van der Waals surface area contributed by atoms with E-state index < -0.39 is 35.8 Å². The van der Waals surface area contributed by atoms with Crippen LogP contribution in [0, 0.1) is 5.92 Å². The first-order valence-corrected chi connectivity index (χ1v) is 8.29. The van der Waals surface area contributed by atoms with Crippen molar-refractivity contribution in [2.24, 2.45) is 17.5 Å². The van der Waals surface area contributed by atoms with E-state index in [2.05, 4.69) is 0 Å². The van der Waals surface area contributed by atoms with Gasteiger partial charge >= 0.3 is 5.97 Å². The lowest BCUT2D eigenvalue weighted by Gasteiger charge is -2.43. The third-order valence-corrected chi connectivity index (χ3v) is 4.41. The molecule has 0 unspecified atom stereocenters. The maximum atomic E-state index is 12.6. The molecule has 1 fully saturated rings. The molecule has 5 N–H and O–H groups in total. The van der Waals surface area contributed by atoms with Crippen molar-refractivity contribution in [3.63, 3.8) is 0 Å². The first kappa shape index (κ1) is 18.6. The van der Waals surface area contributed by atoms with Crippen molar-refractivity contribution < 1.29 is 24.2 Å². The number of carboxylic acid groups (broad SMARTS) is 1. The molecule has 0 aliphatic carbocycles. The van der Waals surface area contributed by atoms with Gasteiger partial charge in [-0.2, -0.15) is 0 Å². The van der Waals surface area contributed by atoms with Crippen LogP contribution >= 0.6 is 0 Å². The molecule has 8 heteroatoms. The molecule has 0 radical (unpaired) electrons. The van der Waals surface area contributed by atoms with Crippen molar-refractivity contribution in [1.82, 2.24) is 5.01 Å². The van der Waals surface area contributed by atoms with Crippen LogP contribution in [0.1, 0.15) is 15.9 Å². The minimum absolute atomic E-state index is 0.0918. The number of aromatic carboxylic acids is 1. The zero-order chi connectivity index (χ0) is 19.6. The predicted octanol–water partition coefficient (Wildman–Crippen LogP) is 0.561. The Morgan fingerprint density at radius 2 is 1.74 bits per heavy atom. The molecular formula is C19H19N3O5. The highest BCUT2D eigenvalue weighted by molar-refractivity contribution is 6.08. The molecule has 27 heavy (non-hydrogen) atoms. The summed E-state index contributed by atoms with van der Waals surface area (Å²) in [5.74, 6) is 2.77. The highest BCUT2D eigenvalue weighted by atomic mass is 16.5. The first-order valence-electron chi connectivity index (χ1n) is 8.29. The third kappa shape index (κ3) is 3.81. The van der Waals surface area contributed by atoms with E-state index in [1.54, 1.807) is 0 Å². The van der Waals surface area contributed by atoms with E-state index in [0.29, 0.717) is 12.2 Å². The van der Waals surface area contributed by atoms with Crippen molar-refractivity contribution in [1.29, 1.82) is 0 Å². The fourth-order valence-corrected chi connectivity index (χ4v) is 2.89. The molecule has 3 rings (SSSR count). The number of nitrogens with zero attached hydrogens (tertiary/aromatic N) is 1. The molecule has 140 valence electrons. The number of amides is 1. The van der Waals surface area contributed by atoms with Crippen LogP contribution in [0.15, 0.2) is 54.6 Å². The minimum atomic E-state index is -1.09. The van der Waals surface area contributed by atoms with Gasteiger partial charge in [-0.05, 0) is 36.2 Å². The Labute approximate surface area is 155 Å². The number of ether oxygens (including phenoxy) is 1. The molecule has 1 aliphatic rings. The van der Waals surface area contributed by atoms with Gasteiger partial charge < -0.3 is 15.6 Å². The molecule has 1 heterocycles. The second-order valence-electron chi connectivity index (χ2n) is 6.26. The van der Waals surface area contributed by atoms with E-state index in [4.69, 9.17) is 21.4 Å². The van der Waals surface area contributed by atoms with Crippen molar-refractivity contribution in [2.75, 3.05) is 0 Å². The maximum absolute atomic E-state index is 12.6. The van der Waals surface area contributed by atoms with Gasteiger partial charge in [-0.25, -0.2) is 15.6 Å². The van der Waals surface area contributed by atoms with Gasteiger partial charge in [0.25, 0.3) is 5.91 Å². The topological polar surface area (TPSA) is 136 Å². The minimum Gasteiger partial charge on any atom is -0.478 e. The second-order valence-corrected chi connectivity index (χ2v) is 6.26. The van der Waals surface area contributed by atoms with Crippen LogP contribution in [0.25, 0.3) is 0 Å². The number of hydrogen-bond donors (Lipinski definition) is 3. The number of carbonyl (C=O) groups excluding carboxylic acids is 2. The third-order valence-electron chi connectivity index (χ3n) is 4.41. The summed E-state index contributed by atoms with van der Waals surface area (Å²) in [6, 6.07) is 14.0. The Morgan fingerprint density at radius 3 is 2.33 bits per heavy atom. The summed E-state index contributed by atoms with van der Waals surface area (Å²) in [5.41, 5.74) is 6.97. The van der Waals surface area contributed by atoms with Crippen LogP contribution < -0.4 is 16.3 Å². The van der Waals surface area contributed by atoms with Gasteiger partial charge in [0.15, 0.2) is 11.7 Å². The fourth-order valence-electron chi connectivity index (χ4n) is 2.89. The molecule has 1 aliphatic heterocycles. The molecule has 2 aromatic carbocycles. The average molecular weight is 369 g/mol. The molecule has 0 bridgehead atoms. The van der Waals surface area contributed by atoms with E-state index >= 15 is 0 Å². The van der Waals surface area contributed by atoms with Gasteiger partial charge in [0, 0.05) is 0 Å². The Kier molecular flexibility index (Phi) is 5.20. The van der Waals surface area contributed by atoms with Gasteiger partial charge in [0.2, 0.25) is 6.23 Å². The highest BCUT2D eigenvalue weighted by Crippen LogP contribution is 2.28. The number of β-lactam (4-membered cyclic amide) rings is 1. The molecule has 3 atom stereocenters. The van der Waals surface area contributed by atoms with Crippen LogP contribution in [0.5, 0.6) is 5.75 Å². The number of ketones is 1. The number of carbonyl (C=O) groups is 3. The summed E-state index contributed by atoms with van der Waals surface area (Å²) in [6.45, 7) is 0. The number of carboxylic acids is 1. The monoisotopic (exact) mass is 369 g/mol. The van der Waals surface area contributed by atoms with Crippen LogP contribution in [-0.4, -0.2) is 40.0 Å². The maximum Gasteiger partial charge on any atom is 0.335 e. The van der Waals surface area contributed by atoms with E-state index in [1.807, 2.05) is 30.3 Å². The highest BCUT2D eigenvalue weighted by Gasteiger charge is 2.53. The Bertz CT molecular complexity index is 853. The average Bonchev–Trinajstić information content (AvgIpc) is 2.68. The van der Waals surface area contributed by atoms with E-state index in [-0.39, 0.29) is 5.56 Å². The van der Waals surface area contributed by atoms with Gasteiger partial charge in [0.05, 0.1) is 11.6 Å². The fraction of sp³-hybridized carbons (Fsp3) is 0.211. The van der Waals surface area contributed by atoms with Crippen molar-refractivity contribution in [3.8, 4) is 5.75 Å². The molecule has 0 spiro atoms. The SMILES string of the molecule is N[C@@H](Cc1ccccc1)C(=O)[C@H]1C(=O)N(N)[C@H]1Oc1ccc(C(=O)O)cc1. The molecule has 1 amide bonds. The summed E-state index contributed by atoms with van der Waals surface area (Å²) in [7, 11) is 0. The van der Waals surface area contributed by atoms with Crippen LogP contribution in [0.2, 0.25) is 0 Å². The number of Topliss-reactive ketones (excluding diaryl/α,β-unsaturated/α-hetero) is 1. The smallest absolute Gasteiger partial charge is 0.335 e. The van der Waals surface area contributed by atoms with E-state index in [9.17, 15) is 14.4 Å². The summed E-state index contributed by atoms with van der Waals surface area (Å²) < 4.78 is 5.61. The van der Waals surface area contributed by atoms with Crippen LogP contribution in [0.3, 0.4) is 0 Å². The zero-order valence-corrected chi connectivity index (χ0v) is 14.3. The first-order chi connectivity index (χ1) is 12.9. The van der Waals surface area contributed by atoms with Gasteiger partial charge in [-0.15, -0.1) is 0 Å². The predicted molar refractivity (Wildman–Crippen MR) is 95.5 cm³/mol. The molecule has 8 nitrogen and oxygen atoms in total. The van der Waals surface area contributed by atoms with Crippen LogP contribution in [0.4, 0.5) is 0 Å². The molecule has 1 saturated heterocycles. The second kappa shape index (κ2) is 7.56. The summed E-state index contributed by atoms with van der Waals surface area (Å²) in [6.07, 6.45) is -0.684. The quantitative estimate of drug-likeness (QED) is 0.281. The number of rotatable bonds is 7. The molecule has 0 aromatic heterocycles. The molecule has 0 saturated carbocycles. The van der Waals surface area contributed by atoms with Crippen molar-refractivity contribution >= 4 is 17.7 Å². The molecular weight excluding hydrogens is 350 g/mol. The van der Waals surface area contributed by atoms with Gasteiger partial charge in [-0.1, -0.05) is 30.3 Å². The normalized spacial score (nSPS) is 19.9. The Morgan fingerprint density at radius 1 is 1.11 bits per heavy atom. The van der Waals surface area contributed by atoms with Crippen molar-refractivity contribution in [2.45, 2.75) is 18.7 Å². The number of nitrogens with two attached hydrogens (primary N) is 2. The number of hydrazine groups is 1. The summed E-state index contributed by atoms with van der Waals surface area (Å²) in [5, 5.41) is 9.75. The standard InChI is InChI=1S/C19H19N3O5/c20-14(10-11-4-2-1-3-5-11)16(23)15-17(24)22(21)18(15)27-13-8-6-12(7-9-13)19(25)26/h1-9,14-15,18H,10,20-21H2,(H,25,26)/t14-,15-,18-/m0/s1. The zero-order valence-electron chi connectivity index (χ0n) is 14.3. The van der Waals surface area contributed by atoms with Gasteiger partial charge in [-0.3, -0.25) is 9.59 Å². The summed E-state index contributed by atoms with van der Waals surface area (Å²) >= 11 is 0. The van der Waals surface area contributed by atoms with Crippen molar-refractivity contribution in [3.05, 3.63) is 65.7 Å². The Hall–Kier alpha value is -3.23. The number of benzene rings is 2. The van der Waals surface area contributed by atoms with Crippen LogP contribution in [-0.2, 0) is 16.0 Å². The molecule has 2 aromatic rings. The lowest BCUT2D eigenvalue weighted by Crippen LogP contribution is -2.70. The Balaban J connectivity index is 1.69. The summed E-state index contributed by atoms with van der Waals surface area (Å²) in [4.78, 5) is 35.6. The van der Waals surface area contributed by atoms with E-state index in [0.717, 1.165) is 10.6 Å². The largest absolute Gasteiger partial charge is 0.478 e. The lowest BCUT2D eigenvalue weighted by molar-refractivity contribution is -0.180. The lowest BCUT2D eigenvalue weighted by atomic mass is 9.87. The van der Waals surface area contributed by atoms with E-state index in [1.165, 1.54) is 24.3 Å².